The summed E-state index contributed by atoms with van der Waals surface area (Å²) < 4.78 is 20.7. The molecule has 0 saturated carbocycles. The monoisotopic (exact) mass is 334 g/mol. The second kappa shape index (κ2) is 10.6. The number of aliphatic carboxylic acids is 1. The Bertz CT molecular complexity index is 369. The zero-order valence-corrected chi connectivity index (χ0v) is 14.8. The van der Waals surface area contributed by atoms with Crippen LogP contribution in [-0.2, 0) is 28.5 Å². The van der Waals surface area contributed by atoms with Gasteiger partial charge in [-0.25, -0.2) is 4.79 Å². The van der Waals surface area contributed by atoms with Crippen LogP contribution in [0.15, 0.2) is 0 Å². The van der Waals surface area contributed by atoms with Crippen LogP contribution in [-0.4, -0.2) is 63.3 Å². The summed E-state index contributed by atoms with van der Waals surface area (Å²) in [6.07, 6.45) is 1.60. The van der Waals surface area contributed by atoms with Crippen molar-refractivity contribution in [1.29, 1.82) is 0 Å². The van der Waals surface area contributed by atoms with Gasteiger partial charge in [-0.2, -0.15) is 0 Å². The topological polar surface area (TPSA) is 91.3 Å². The Labute approximate surface area is 138 Å². The van der Waals surface area contributed by atoms with Gasteiger partial charge in [0.1, 0.15) is 0 Å². The van der Waals surface area contributed by atoms with Crippen LogP contribution in [0.25, 0.3) is 0 Å². The molecule has 0 radical (unpaired) electrons. The van der Waals surface area contributed by atoms with Crippen LogP contribution < -0.4 is 0 Å². The Balaban J connectivity index is 4.89. The zero-order chi connectivity index (χ0) is 17.9. The van der Waals surface area contributed by atoms with Crippen molar-refractivity contribution in [2.24, 2.45) is 5.41 Å². The molecule has 0 aromatic rings. The smallest absolute Gasteiger partial charge is 0.338 e. The predicted molar refractivity (Wildman–Crippen MR) is 84.3 cm³/mol. The minimum absolute atomic E-state index is 0.0487. The highest BCUT2D eigenvalue weighted by Crippen LogP contribution is 2.32. The number of unbranched alkanes of at least 4 members (excludes halogenated alkanes) is 1. The molecule has 0 heterocycles. The highest BCUT2D eigenvalue weighted by Gasteiger charge is 2.46. The molecule has 7 heteroatoms. The van der Waals surface area contributed by atoms with Gasteiger partial charge in [0.2, 0.25) is 0 Å². The Morgan fingerprint density at radius 2 is 1.74 bits per heavy atom. The van der Waals surface area contributed by atoms with Gasteiger partial charge in [-0.1, -0.05) is 13.3 Å². The maximum absolute atomic E-state index is 12.2. The minimum atomic E-state index is -1.34. The first-order chi connectivity index (χ1) is 10.8. The quantitative estimate of drug-likeness (QED) is 0.406. The number of esters is 1. The van der Waals surface area contributed by atoms with Crippen LogP contribution in [0.2, 0.25) is 0 Å². The van der Waals surface area contributed by atoms with Crippen molar-refractivity contribution in [2.45, 2.75) is 45.6 Å². The molecule has 0 aliphatic carbocycles. The summed E-state index contributed by atoms with van der Waals surface area (Å²) in [5.74, 6) is -1.61. The number of hydrogen-bond donors (Lipinski definition) is 1. The van der Waals surface area contributed by atoms with Crippen LogP contribution in [0.5, 0.6) is 0 Å². The molecule has 23 heavy (non-hydrogen) atoms. The lowest BCUT2D eigenvalue weighted by molar-refractivity contribution is -0.177. The molecule has 0 spiro atoms. The number of rotatable bonds is 13. The van der Waals surface area contributed by atoms with Crippen molar-refractivity contribution in [2.75, 3.05) is 40.6 Å². The Kier molecular flexibility index (Phi) is 10.0. The number of methoxy groups -OCH3 is 2. The summed E-state index contributed by atoms with van der Waals surface area (Å²) >= 11 is 0. The largest absolute Gasteiger partial charge is 0.481 e. The molecule has 1 N–H and O–H groups in total. The highest BCUT2D eigenvalue weighted by atomic mass is 16.6. The molecular formula is C16H30O7. The van der Waals surface area contributed by atoms with Crippen molar-refractivity contribution in [3.8, 4) is 0 Å². The molecule has 0 aliphatic heterocycles. The van der Waals surface area contributed by atoms with E-state index in [2.05, 4.69) is 0 Å². The van der Waals surface area contributed by atoms with Crippen LogP contribution >= 0.6 is 0 Å². The first kappa shape index (κ1) is 21.8. The first-order valence-corrected chi connectivity index (χ1v) is 7.78. The number of carboxylic acids is 1. The van der Waals surface area contributed by atoms with E-state index in [1.165, 1.54) is 28.1 Å². The molecule has 136 valence electrons. The number of carbonyl (C=O) groups is 2. The lowest BCUT2D eigenvalue weighted by Gasteiger charge is -2.34. The van der Waals surface area contributed by atoms with Gasteiger partial charge in [0.05, 0.1) is 31.8 Å². The molecule has 0 aromatic carbocycles. The summed E-state index contributed by atoms with van der Waals surface area (Å²) in [5, 5.41) is 9.52. The SMILES string of the molecule is CCCCOC(=O)C(C)(CC(C)(COCCOC)C(=O)O)OC. The first-order valence-electron chi connectivity index (χ1n) is 7.78. The lowest BCUT2D eigenvalue weighted by atomic mass is 9.79. The summed E-state index contributed by atoms with van der Waals surface area (Å²) in [4.78, 5) is 23.9. The molecule has 2 unspecified atom stereocenters. The molecule has 0 bridgehead atoms. The maximum Gasteiger partial charge on any atom is 0.338 e. The fourth-order valence-electron chi connectivity index (χ4n) is 2.06. The van der Waals surface area contributed by atoms with Crippen molar-refractivity contribution in [3.05, 3.63) is 0 Å². The van der Waals surface area contributed by atoms with Gasteiger partial charge in [-0.3, -0.25) is 4.79 Å². The van der Waals surface area contributed by atoms with Gasteiger partial charge in [0.15, 0.2) is 5.60 Å². The Hall–Kier alpha value is -1.18. The van der Waals surface area contributed by atoms with E-state index >= 15 is 0 Å². The Morgan fingerprint density at radius 3 is 2.22 bits per heavy atom. The fourth-order valence-corrected chi connectivity index (χ4v) is 2.06. The molecule has 7 nitrogen and oxygen atoms in total. The van der Waals surface area contributed by atoms with Crippen LogP contribution in [0, 0.1) is 5.41 Å². The predicted octanol–water partition coefficient (Wildman–Crippen LogP) is 1.88. The molecule has 0 aromatic heterocycles. The van der Waals surface area contributed by atoms with Crippen molar-refractivity contribution < 1.29 is 33.6 Å². The number of carbonyl (C=O) groups excluding carboxylic acids is 1. The van der Waals surface area contributed by atoms with Gasteiger partial charge < -0.3 is 24.1 Å². The average Bonchev–Trinajstić information content (AvgIpc) is 2.51. The molecule has 2 atom stereocenters. The molecule has 0 rings (SSSR count). The summed E-state index contributed by atoms with van der Waals surface area (Å²) in [6.45, 7) is 5.95. The third-order valence-corrected chi connectivity index (χ3v) is 3.71. The number of ether oxygens (including phenoxy) is 4. The summed E-state index contributed by atoms with van der Waals surface area (Å²) in [6, 6.07) is 0. The van der Waals surface area contributed by atoms with Crippen molar-refractivity contribution in [3.63, 3.8) is 0 Å². The van der Waals surface area contributed by atoms with Crippen molar-refractivity contribution in [1.82, 2.24) is 0 Å². The molecule has 0 amide bonds. The van der Waals surface area contributed by atoms with E-state index in [0.717, 1.165) is 12.8 Å². The van der Waals surface area contributed by atoms with Crippen LogP contribution in [0.3, 0.4) is 0 Å². The zero-order valence-electron chi connectivity index (χ0n) is 14.8. The minimum Gasteiger partial charge on any atom is -0.481 e. The van der Waals surface area contributed by atoms with Gasteiger partial charge in [0.25, 0.3) is 0 Å². The molecule has 0 fully saturated rings. The van der Waals surface area contributed by atoms with E-state index in [0.29, 0.717) is 13.2 Å². The fraction of sp³-hybridized carbons (Fsp3) is 0.875. The van der Waals surface area contributed by atoms with E-state index in [1.807, 2.05) is 6.92 Å². The van der Waals surface area contributed by atoms with E-state index in [9.17, 15) is 14.7 Å². The lowest BCUT2D eigenvalue weighted by Crippen LogP contribution is -2.47. The number of carboxylic acid groups (broad SMARTS) is 1. The van der Waals surface area contributed by atoms with E-state index in [1.54, 1.807) is 0 Å². The molecular weight excluding hydrogens is 304 g/mol. The van der Waals surface area contributed by atoms with Gasteiger partial charge >= 0.3 is 11.9 Å². The van der Waals surface area contributed by atoms with E-state index in [4.69, 9.17) is 18.9 Å². The van der Waals surface area contributed by atoms with Gasteiger partial charge in [-0.05, 0) is 20.3 Å². The van der Waals surface area contributed by atoms with E-state index in [-0.39, 0.29) is 19.6 Å². The standard InChI is InChI=1S/C16H30O7/c1-6-7-8-23-14(19)16(3,21-5)11-15(2,13(17)18)12-22-10-9-20-4/h6-12H2,1-5H3,(H,17,18). The van der Waals surface area contributed by atoms with Crippen LogP contribution in [0.4, 0.5) is 0 Å². The third kappa shape index (κ3) is 7.28. The molecule has 0 saturated heterocycles. The van der Waals surface area contributed by atoms with Gasteiger partial charge in [0, 0.05) is 20.6 Å². The molecule has 0 aliphatic rings. The van der Waals surface area contributed by atoms with Crippen molar-refractivity contribution >= 4 is 11.9 Å². The highest BCUT2D eigenvalue weighted by molar-refractivity contribution is 5.81. The summed E-state index contributed by atoms with van der Waals surface area (Å²) in [7, 11) is 2.91. The second-order valence-electron chi connectivity index (χ2n) is 6.01. The second-order valence-corrected chi connectivity index (χ2v) is 6.01. The summed E-state index contributed by atoms with van der Waals surface area (Å²) in [5.41, 5.74) is -2.62. The maximum atomic E-state index is 12.2. The third-order valence-electron chi connectivity index (χ3n) is 3.71. The normalized spacial score (nSPS) is 16.4. The van der Waals surface area contributed by atoms with Gasteiger partial charge in [-0.15, -0.1) is 0 Å². The average molecular weight is 334 g/mol. The Morgan fingerprint density at radius 1 is 1.09 bits per heavy atom. The van der Waals surface area contributed by atoms with Crippen LogP contribution in [0.1, 0.15) is 40.0 Å². The van der Waals surface area contributed by atoms with E-state index < -0.39 is 23.0 Å². The number of hydrogen-bond acceptors (Lipinski definition) is 6.